The van der Waals surface area contributed by atoms with Crippen LogP contribution in [0.4, 0.5) is 5.69 Å². The summed E-state index contributed by atoms with van der Waals surface area (Å²) in [6, 6.07) is 4.53. The Kier molecular flexibility index (Phi) is 2.70. The number of nitrogens with zero attached hydrogens (tertiary/aromatic N) is 1. The molecule has 2 heteroatoms. The first-order chi connectivity index (χ1) is 7.44. The molecule has 1 aromatic rings. The van der Waals surface area contributed by atoms with Crippen LogP contribution in [0.3, 0.4) is 0 Å². The third kappa shape index (κ3) is 1.71. The van der Waals surface area contributed by atoms with Crippen molar-refractivity contribution in [3.8, 4) is 0 Å². The molecule has 16 heavy (non-hydrogen) atoms. The average Bonchev–Trinajstić information content (AvgIpc) is 2.18. The van der Waals surface area contributed by atoms with Crippen LogP contribution in [-0.2, 0) is 5.54 Å². The second-order valence-electron chi connectivity index (χ2n) is 5.34. The zero-order chi connectivity index (χ0) is 11.9. The fourth-order valence-corrected chi connectivity index (χ4v) is 2.44. The highest BCUT2D eigenvalue weighted by Crippen LogP contribution is 2.40. The highest BCUT2D eigenvalue weighted by Gasteiger charge is 2.34. The quantitative estimate of drug-likeness (QED) is 0.827. The summed E-state index contributed by atoms with van der Waals surface area (Å²) in [5.74, 6) is 0. The van der Waals surface area contributed by atoms with Gasteiger partial charge in [-0.15, -0.1) is 0 Å². The minimum absolute atomic E-state index is 0.0524. The lowest BCUT2D eigenvalue weighted by Gasteiger charge is -2.39. The third-order valence-corrected chi connectivity index (χ3v) is 3.94. The zero-order valence-corrected chi connectivity index (χ0v) is 10.8. The predicted octanol–water partition coefficient (Wildman–Crippen LogP) is 2.71. The molecule has 0 aliphatic heterocycles. The molecule has 1 aromatic carbocycles. The number of nitrogens with two attached hydrogens (primary N) is 1. The molecule has 1 fully saturated rings. The molecular weight excluding hydrogens is 196 g/mol. The third-order valence-electron chi connectivity index (χ3n) is 3.94. The fraction of sp³-hybridized carbons (Fsp3) is 0.571. The maximum Gasteiger partial charge on any atom is 0.0410 e. The summed E-state index contributed by atoms with van der Waals surface area (Å²) in [5, 5.41) is 0. The van der Waals surface area contributed by atoms with Gasteiger partial charge in [-0.1, -0.05) is 6.07 Å². The van der Waals surface area contributed by atoms with E-state index in [1.807, 2.05) is 0 Å². The van der Waals surface area contributed by atoms with E-state index in [2.05, 4.69) is 45.0 Å². The summed E-state index contributed by atoms with van der Waals surface area (Å²) in [4.78, 5) is 2.17. The summed E-state index contributed by atoms with van der Waals surface area (Å²) >= 11 is 0. The maximum atomic E-state index is 6.39. The van der Waals surface area contributed by atoms with Gasteiger partial charge in [-0.3, -0.25) is 0 Å². The Morgan fingerprint density at radius 2 is 1.81 bits per heavy atom. The standard InChI is InChI=1S/C14H22N2/c1-10-8-12(14(15)6-5-7-14)9-13(11(10)2)16(3)4/h8-9H,5-7,15H2,1-4H3. The molecule has 2 rings (SSSR count). The normalized spacial score (nSPS) is 18.1. The Balaban J connectivity index is 2.48. The number of hydrogen-bond donors (Lipinski definition) is 1. The van der Waals surface area contributed by atoms with E-state index >= 15 is 0 Å². The van der Waals surface area contributed by atoms with E-state index in [-0.39, 0.29) is 5.54 Å². The molecule has 88 valence electrons. The van der Waals surface area contributed by atoms with Crippen molar-refractivity contribution < 1.29 is 0 Å². The molecule has 0 heterocycles. The molecule has 0 bridgehead atoms. The van der Waals surface area contributed by atoms with E-state index in [1.165, 1.54) is 28.8 Å². The molecule has 1 aliphatic rings. The largest absolute Gasteiger partial charge is 0.377 e. The van der Waals surface area contributed by atoms with Crippen molar-refractivity contribution >= 4 is 5.69 Å². The Labute approximate surface area is 98.4 Å². The van der Waals surface area contributed by atoms with Crippen molar-refractivity contribution in [2.75, 3.05) is 19.0 Å². The lowest BCUT2D eigenvalue weighted by atomic mass is 9.72. The molecule has 0 spiro atoms. The van der Waals surface area contributed by atoms with Gasteiger partial charge in [0.1, 0.15) is 0 Å². The van der Waals surface area contributed by atoms with Crippen LogP contribution in [0, 0.1) is 13.8 Å². The first-order valence-corrected chi connectivity index (χ1v) is 6.02. The lowest BCUT2D eigenvalue weighted by Crippen LogP contribution is -2.43. The molecule has 0 saturated heterocycles. The minimum atomic E-state index is -0.0524. The highest BCUT2D eigenvalue weighted by molar-refractivity contribution is 5.58. The van der Waals surface area contributed by atoms with Crippen molar-refractivity contribution in [3.05, 3.63) is 28.8 Å². The van der Waals surface area contributed by atoms with E-state index in [4.69, 9.17) is 5.73 Å². The molecule has 0 amide bonds. The minimum Gasteiger partial charge on any atom is -0.377 e. The van der Waals surface area contributed by atoms with Crippen molar-refractivity contribution in [3.63, 3.8) is 0 Å². The Morgan fingerprint density at radius 1 is 1.19 bits per heavy atom. The van der Waals surface area contributed by atoms with Crippen LogP contribution < -0.4 is 10.6 Å². The van der Waals surface area contributed by atoms with Crippen LogP contribution in [0.2, 0.25) is 0 Å². The first-order valence-electron chi connectivity index (χ1n) is 6.02. The second kappa shape index (κ2) is 3.77. The number of hydrogen-bond acceptors (Lipinski definition) is 2. The van der Waals surface area contributed by atoms with E-state index in [9.17, 15) is 0 Å². The van der Waals surface area contributed by atoms with E-state index in [1.54, 1.807) is 0 Å². The molecule has 2 N–H and O–H groups in total. The summed E-state index contributed by atoms with van der Waals surface area (Å²) in [6.45, 7) is 4.35. The van der Waals surface area contributed by atoms with Crippen LogP contribution in [-0.4, -0.2) is 14.1 Å². The fourth-order valence-electron chi connectivity index (χ4n) is 2.44. The van der Waals surface area contributed by atoms with Gasteiger partial charge in [0.2, 0.25) is 0 Å². The van der Waals surface area contributed by atoms with Gasteiger partial charge in [-0.05, 0) is 55.9 Å². The van der Waals surface area contributed by atoms with Gasteiger partial charge in [0.25, 0.3) is 0 Å². The molecular formula is C14H22N2. The average molecular weight is 218 g/mol. The molecule has 2 nitrogen and oxygen atoms in total. The van der Waals surface area contributed by atoms with Crippen LogP contribution >= 0.6 is 0 Å². The summed E-state index contributed by atoms with van der Waals surface area (Å²) < 4.78 is 0. The van der Waals surface area contributed by atoms with E-state index < -0.39 is 0 Å². The van der Waals surface area contributed by atoms with Crippen molar-refractivity contribution in [2.45, 2.75) is 38.6 Å². The van der Waals surface area contributed by atoms with Crippen molar-refractivity contribution in [2.24, 2.45) is 5.73 Å². The second-order valence-corrected chi connectivity index (χ2v) is 5.34. The number of rotatable bonds is 2. The summed E-state index contributed by atoms with van der Waals surface area (Å²) in [6.07, 6.45) is 3.52. The van der Waals surface area contributed by atoms with Crippen LogP contribution in [0.5, 0.6) is 0 Å². The Hall–Kier alpha value is -1.02. The summed E-state index contributed by atoms with van der Waals surface area (Å²) in [7, 11) is 4.19. The lowest BCUT2D eigenvalue weighted by molar-refractivity contribution is 0.253. The molecule has 1 saturated carbocycles. The van der Waals surface area contributed by atoms with Gasteiger partial charge in [-0.25, -0.2) is 0 Å². The van der Waals surface area contributed by atoms with Gasteiger partial charge >= 0.3 is 0 Å². The molecule has 0 atom stereocenters. The molecule has 0 radical (unpaired) electrons. The van der Waals surface area contributed by atoms with Gasteiger partial charge in [0.15, 0.2) is 0 Å². The molecule has 1 aliphatic carbocycles. The Bertz CT molecular complexity index is 403. The topological polar surface area (TPSA) is 29.3 Å². The highest BCUT2D eigenvalue weighted by atomic mass is 15.1. The Morgan fingerprint density at radius 3 is 2.25 bits per heavy atom. The predicted molar refractivity (Wildman–Crippen MR) is 70.0 cm³/mol. The first kappa shape index (κ1) is 11.5. The molecule has 0 aromatic heterocycles. The van der Waals surface area contributed by atoms with Crippen LogP contribution in [0.1, 0.15) is 36.0 Å². The van der Waals surface area contributed by atoms with Crippen LogP contribution in [0.15, 0.2) is 12.1 Å². The number of benzene rings is 1. The van der Waals surface area contributed by atoms with Gasteiger partial charge in [-0.2, -0.15) is 0 Å². The number of aryl methyl sites for hydroxylation is 1. The zero-order valence-electron chi connectivity index (χ0n) is 10.8. The van der Waals surface area contributed by atoms with E-state index in [0.29, 0.717) is 0 Å². The number of anilines is 1. The summed E-state index contributed by atoms with van der Waals surface area (Å²) in [5.41, 5.74) is 11.7. The molecule has 0 unspecified atom stereocenters. The van der Waals surface area contributed by atoms with Gasteiger partial charge in [0, 0.05) is 25.3 Å². The van der Waals surface area contributed by atoms with Crippen LogP contribution in [0.25, 0.3) is 0 Å². The van der Waals surface area contributed by atoms with Gasteiger partial charge < -0.3 is 10.6 Å². The SMILES string of the molecule is Cc1cc(C2(N)CCC2)cc(N(C)C)c1C. The van der Waals surface area contributed by atoms with Crippen molar-refractivity contribution in [1.29, 1.82) is 0 Å². The smallest absolute Gasteiger partial charge is 0.0410 e. The monoisotopic (exact) mass is 218 g/mol. The van der Waals surface area contributed by atoms with Crippen molar-refractivity contribution in [1.82, 2.24) is 0 Å². The maximum absolute atomic E-state index is 6.39. The van der Waals surface area contributed by atoms with Gasteiger partial charge in [0.05, 0.1) is 0 Å². The van der Waals surface area contributed by atoms with E-state index in [0.717, 1.165) is 12.8 Å².